The summed E-state index contributed by atoms with van der Waals surface area (Å²) >= 11 is 1.56. The van der Waals surface area contributed by atoms with Crippen molar-refractivity contribution in [3.05, 3.63) is 54.1 Å². The molecule has 3 aromatic rings. The Bertz CT molecular complexity index is 1000. The molecule has 1 aromatic heterocycles. The molecule has 3 heterocycles. The van der Waals surface area contributed by atoms with Crippen molar-refractivity contribution < 1.29 is 9.53 Å². The van der Waals surface area contributed by atoms with Crippen LogP contribution in [0.1, 0.15) is 38.2 Å². The zero-order chi connectivity index (χ0) is 20.7. The van der Waals surface area contributed by atoms with E-state index in [-0.39, 0.29) is 5.91 Å². The van der Waals surface area contributed by atoms with Crippen molar-refractivity contribution in [3.8, 4) is 10.9 Å². The standard InChI is InChI=1S/C24H27N3O2S/c1-16(28)27-18-9-10-19(27)14-20(13-18)26(2)15-17-7-11-21(12-8-17)29-24-25-22-5-3-4-6-23(22)30-24/h3-8,11-12,18-20H,9-10,13-15H2,1-2H3/t18-,19?,20?/m0/s1. The van der Waals surface area contributed by atoms with Crippen LogP contribution in [-0.2, 0) is 11.3 Å². The molecular weight excluding hydrogens is 394 g/mol. The van der Waals surface area contributed by atoms with Crippen LogP contribution in [0.5, 0.6) is 10.9 Å². The number of nitrogens with zero attached hydrogens (tertiary/aromatic N) is 3. The third-order valence-electron chi connectivity index (χ3n) is 6.53. The van der Waals surface area contributed by atoms with Crippen LogP contribution in [0.4, 0.5) is 0 Å². The molecule has 5 nitrogen and oxygen atoms in total. The van der Waals surface area contributed by atoms with E-state index >= 15 is 0 Å². The summed E-state index contributed by atoms with van der Waals surface area (Å²) in [5, 5.41) is 0.675. The molecule has 2 unspecified atom stereocenters. The summed E-state index contributed by atoms with van der Waals surface area (Å²) in [6.45, 7) is 2.62. The molecule has 2 aromatic carbocycles. The molecule has 30 heavy (non-hydrogen) atoms. The Kier molecular flexibility index (Phi) is 5.21. The van der Waals surface area contributed by atoms with Crippen molar-refractivity contribution in [2.75, 3.05) is 7.05 Å². The third kappa shape index (κ3) is 3.82. The van der Waals surface area contributed by atoms with E-state index in [1.165, 1.54) is 5.56 Å². The number of carbonyl (C=O) groups is 1. The van der Waals surface area contributed by atoms with Gasteiger partial charge < -0.3 is 9.64 Å². The number of fused-ring (bicyclic) bond motifs is 3. The number of aromatic nitrogens is 1. The topological polar surface area (TPSA) is 45.7 Å². The molecule has 0 aliphatic carbocycles. The lowest BCUT2D eigenvalue weighted by atomic mass is 9.95. The Morgan fingerprint density at radius 2 is 1.83 bits per heavy atom. The molecular formula is C24H27N3O2S. The number of thiazole rings is 1. The zero-order valence-electron chi connectivity index (χ0n) is 17.5. The molecule has 2 aliphatic rings. The van der Waals surface area contributed by atoms with E-state index in [2.05, 4.69) is 40.0 Å². The fraction of sp³-hybridized carbons (Fsp3) is 0.417. The minimum absolute atomic E-state index is 0.243. The Hall–Kier alpha value is -2.44. The first-order valence-corrected chi connectivity index (χ1v) is 11.5. The van der Waals surface area contributed by atoms with E-state index in [1.54, 1.807) is 18.3 Å². The van der Waals surface area contributed by atoms with Crippen LogP contribution < -0.4 is 4.74 Å². The molecule has 6 heteroatoms. The molecule has 2 aliphatic heterocycles. The maximum Gasteiger partial charge on any atom is 0.279 e. The van der Waals surface area contributed by atoms with Gasteiger partial charge in [-0.15, -0.1) is 0 Å². The minimum atomic E-state index is 0.243. The highest BCUT2D eigenvalue weighted by molar-refractivity contribution is 7.20. The summed E-state index contributed by atoms with van der Waals surface area (Å²) in [4.78, 5) is 21.1. The fourth-order valence-corrected chi connectivity index (χ4v) is 5.93. The van der Waals surface area contributed by atoms with Crippen LogP contribution in [0.2, 0.25) is 0 Å². The van der Waals surface area contributed by atoms with Gasteiger partial charge >= 0.3 is 0 Å². The van der Waals surface area contributed by atoms with E-state index in [1.807, 2.05) is 30.3 Å². The number of rotatable bonds is 5. The van der Waals surface area contributed by atoms with Crippen molar-refractivity contribution in [3.63, 3.8) is 0 Å². The van der Waals surface area contributed by atoms with Crippen LogP contribution in [0.15, 0.2) is 48.5 Å². The number of carbonyl (C=O) groups excluding carboxylic acids is 1. The Labute approximate surface area is 181 Å². The molecule has 2 saturated heterocycles. The van der Waals surface area contributed by atoms with Crippen molar-refractivity contribution in [1.82, 2.24) is 14.8 Å². The summed E-state index contributed by atoms with van der Waals surface area (Å²) in [7, 11) is 2.21. The van der Waals surface area contributed by atoms with Gasteiger partial charge in [-0.25, -0.2) is 4.98 Å². The Morgan fingerprint density at radius 3 is 2.50 bits per heavy atom. The van der Waals surface area contributed by atoms with Gasteiger partial charge in [-0.2, -0.15) is 0 Å². The van der Waals surface area contributed by atoms with Crippen LogP contribution in [0.3, 0.4) is 0 Å². The molecule has 0 spiro atoms. The second-order valence-electron chi connectivity index (χ2n) is 8.55. The second kappa shape index (κ2) is 8.00. The molecule has 5 rings (SSSR count). The minimum Gasteiger partial charge on any atom is -0.431 e. The number of para-hydroxylation sites is 1. The van der Waals surface area contributed by atoms with Crippen molar-refractivity contribution in [2.45, 2.75) is 57.3 Å². The van der Waals surface area contributed by atoms with Crippen LogP contribution in [-0.4, -0.2) is 45.9 Å². The average molecular weight is 422 g/mol. The van der Waals surface area contributed by atoms with E-state index in [0.29, 0.717) is 23.3 Å². The molecule has 0 saturated carbocycles. The van der Waals surface area contributed by atoms with Gasteiger partial charge in [0.05, 0.1) is 10.2 Å². The van der Waals surface area contributed by atoms with E-state index in [9.17, 15) is 4.79 Å². The quantitative estimate of drug-likeness (QED) is 0.577. The summed E-state index contributed by atoms with van der Waals surface area (Å²) in [5.74, 6) is 1.06. The first-order valence-electron chi connectivity index (χ1n) is 10.7. The van der Waals surface area contributed by atoms with Gasteiger partial charge in [-0.3, -0.25) is 9.69 Å². The molecule has 0 radical (unpaired) electrons. The van der Waals surface area contributed by atoms with Crippen LogP contribution in [0.25, 0.3) is 10.2 Å². The van der Waals surface area contributed by atoms with Gasteiger partial charge in [-0.1, -0.05) is 35.6 Å². The highest BCUT2D eigenvalue weighted by atomic mass is 32.1. The normalized spacial score (nSPS) is 23.3. The maximum absolute atomic E-state index is 11.9. The molecule has 0 N–H and O–H groups in total. The molecule has 2 fully saturated rings. The number of ether oxygens (including phenoxy) is 1. The van der Waals surface area contributed by atoms with Crippen molar-refractivity contribution in [2.24, 2.45) is 0 Å². The maximum atomic E-state index is 11.9. The van der Waals surface area contributed by atoms with Gasteiger partial charge in [0, 0.05) is 31.6 Å². The highest BCUT2D eigenvalue weighted by Crippen LogP contribution is 2.38. The van der Waals surface area contributed by atoms with Gasteiger partial charge in [0.1, 0.15) is 5.75 Å². The van der Waals surface area contributed by atoms with Crippen molar-refractivity contribution in [1.29, 1.82) is 0 Å². The lowest BCUT2D eigenvalue weighted by Crippen LogP contribution is -2.51. The number of amides is 1. The number of benzene rings is 2. The fourth-order valence-electron chi connectivity index (χ4n) is 5.10. The summed E-state index contributed by atoms with van der Waals surface area (Å²) in [6.07, 6.45) is 4.50. The smallest absolute Gasteiger partial charge is 0.279 e. The summed E-state index contributed by atoms with van der Waals surface area (Å²) < 4.78 is 7.10. The predicted octanol–water partition coefficient (Wildman–Crippen LogP) is 5.06. The lowest BCUT2D eigenvalue weighted by molar-refractivity contribution is -0.134. The largest absolute Gasteiger partial charge is 0.431 e. The molecule has 156 valence electrons. The first-order chi connectivity index (χ1) is 14.6. The average Bonchev–Trinajstić information content (AvgIpc) is 3.26. The van der Waals surface area contributed by atoms with E-state index in [4.69, 9.17) is 4.74 Å². The summed E-state index contributed by atoms with van der Waals surface area (Å²) in [6, 6.07) is 17.8. The first kappa shape index (κ1) is 19.5. The van der Waals surface area contributed by atoms with E-state index in [0.717, 1.165) is 48.2 Å². The van der Waals surface area contributed by atoms with Crippen LogP contribution >= 0.6 is 11.3 Å². The summed E-state index contributed by atoms with van der Waals surface area (Å²) in [5.41, 5.74) is 2.25. The van der Waals surface area contributed by atoms with Gasteiger partial charge in [0.25, 0.3) is 5.19 Å². The number of hydrogen-bond acceptors (Lipinski definition) is 5. The van der Waals surface area contributed by atoms with Gasteiger partial charge in [0.15, 0.2) is 0 Å². The molecule has 2 bridgehead atoms. The van der Waals surface area contributed by atoms with E-state index < -0.39 is 0 Å². The van der Waals surface area contributed by atoms with Gasteiger partial charge in [-0.05, 0) is 62.6 Å². The lowest BCUT2D eigenvalue weighted by Gasteiger charge is -2.42. The molecule has 3 atom stereocenters. The highest BCUT2D eigenvalue weighted by Gasteiger charge is 2.42. The Balaban J connectivity index is 1.20. The Morgan fingerprint density at radius 1 is 1.13 bits per heavy atom. The monoisotopic (exact) mass is 421 g/mol. The van der Waals surface area contributed by atoms with Gasteiger partial charge in [0.2, 0.25) is 5.91 Å². The molecule has 1 amide bonds. The number of piperidine rings is 1. The predicted molar refractivity (Wildman–Crippen MR) is 120 cm³/mol. The van der Waals surface area contributed by atoms with Crippen molar-refractivity contribution >= 4 is 27.5 Å². The zero-order valence-corrected chi connectivity index (χ0v) is 18.3. The second-order valence-corrected chi connectivity index (χ2v) is 9.54. The SMILES string of the molecule is CC(=O)N1C2CC[C@H]1CC(N(C)Cc1ccc(Oc3nc4ccccc4s3)cc1)C2. The third-order valence-corrected chi connectivity index (χ3v) is 7.44. The number of hydrogen-bond donors (Lipinski definition) is 0. The van der Waals surface area contributed by atoms with Crippen LogP contribution in [0, 0.1) is 0 Å².